The third-order valence-corrected chi connectivity index (χ3v) is 11.6. The Morgan fingerprint density at radius 1 is 1.00 bits per heavy atom. The molecule has 2 aliphatic heterocycles. The number of aryl methyl sites for hydroxylation is 1. The summed E-state index contributed by atoms with van der Waals surface area (Å²) in [5, 5.41) is 14.8. The maximum Gasteiger partial charge on any atom is 0.293 e. The van der Waals surface area contributed by atoms with E-state index in [1.807, 2.05) is 42.5 Å². The Bertz CT molecular complexity index is 1890. The van der Waals surface area contributed by atoms with Gasteiger partial charge in [-0.1, -0.05) is 52.3 Å². The van der Waals surface area contributed by atoms with E-state index in [9.17, 15) is 23.3 Å². The van der Waals surface area contributed by atoms with Crippen molar-refractivity contribution in [2.45, 2.75) is 35.2 Å². The zero-order valence-corrected chi connectivity index (χ0v) is 28.7. The van der Waals surface area contributed by atoms with Gasteiger partial charge in [-0.3, -0.25) is 19.8 Å². The van der Waals surface area contributed by atoms with E-state index < -0.39 is 20.9 Å². The number of hydrogen-bond acceptors (Lipinski definition) is 9. The molecular weight excluding hydrogens is 702 g/mol. The summed E-state index contributed by atoms with van der Waals surface area (Å²) < 4.78 is 29.6. The van der Waals surface area contributed by atoms with Gasteiger partial charge in [-0.2, -0.15) is 0 Å². The molecule has 10 nitrogen and oxygen atoms in total. The minimum atomic E-state index is -4.37. The second-order valence-corrected chi connectivity index (χ2v) is 15.2. The van der Waals surface area contributed by atoms with Crippen LogP contribution in [0.15, 0.2) is 105 Å². The van der Waals surface area contributed by atoms with Crippen molar-refractivity contribution in [1.29, 1.82) is 0 Å². The molecule has 4 aromatic carbocycles. The van der Waals surface area contributed by atoms with Gasteiger partial charge >= 0.3 is 0 Å². The summed E-state index contributed by atoms with van der Waals surface area (Å²) in [5.41, 5.74) is 3.38. The first kappa shape index (κ1) is 33.0. The average molecular weight is 737 g/mol. The molecule has 0 aliphatic carbocycles. The van der Waals surface area contributed by atoms with E-state index in [-0.39, 0.29) is 21.8 Å². The first-order valence-electron chi connectivity index (χ1n) is 15.3. The molecule has 1 amide bonds. The van der Waals surface area contributed by atoms with Crippen LogP contribution in [0.4, 0.5) is 17.1 Å². The molecule has 47 heavy (non-hydrogen) atoms. The van der Waals surface area contributed by atoms with Crippen LogP contribution in [0.3, 0.4) is 0 Å². The highest BCUT2D eigenvalue weighted by Crippen LogP contribution is 2.34. The molecule has 0 spiro atoms. The van der Waals surface area contributed by atoms with Crippen molar-refractivity contribution >= 4 is 60.7 Å². The smallest absolute Gasteiger partial charge is 0.293 e. The fraction of sp³-hybridized carbons (Fsp3) is 0.265. The molecule has 0 unspecified atom stereocenters. The van der Waals surface area contributed by atoms with Gasteiger partial charge in [0.15, 0.2) is 0 Å². The summed E-state index contributed by atoms with van der Waals surface area (Å²) in [7, 11) is -4.37. The Morgan fingerprint density at radius 2 is 1.79 bits per heavy atom. The lowest BCUT2D eigenvalue weighted by atomic mass is 9.92. The van der Waals surface area contributed by atoms with E-state index in [0.29, 0.717) is 18.3 Å². The summed E-state index contributed by atoms with van der Waals surface area (Å²) in [6, 6.07) is 27.3. The van der Waals surface area contributed by atoms with Crippen molar-refractivity contribution in [2.75, 3.05) is 42.1 Å². The van der Waals surface area contributed by atoms with E-state index in [4.69, 9.17) is 0 Å². The number of anilines is 2. The molecule has 0 saturated carbocycles. The lowest BCUT2D eigenvalue weighted by molar-refractivity contribution is -0.384. The normalized spacial score (nSPS) is 16.2. The fourth-order valence-corrected chi connectivity index (χ4v) is 8.31. The Labute approximate surface area is 286 Å². The van der Waals surface area contributed by atoms with Gasteiger partial charge in [0.25, 0.3) is 21.6 Å². The van der Waals surface area contributed by atoms with Gasteiger partial charge in [-0.25, -0.2) is 13.1 Å². The summed E-state index contributed by atoms with van der Waals surface area (Å²) in [4.78, 5) is 29.9. The number of sulfonamides is 1. The summed E-state index contributed by atoms with van der Waals surface area (Å²) in [5.74, 6) is -0.127. The SMILES string of the molecule is O=C(NS(=O)(=O)c1ccc(NCCSc2ccccc2)c([N+](=O)[O-])c1)c1ccc2c(c1)CC[C@@H]1CN(Cc3ccccc3Br)CCN21. The molecule has 0 radical (unpaired) electrons. The van der Waals surface area contributed by atoms with Crippen molar-refractivity contribution in [3.8, 4) is 0 Å². The Balaban J connectivity index is 1.08. The third kappa shape index (κ3) is 7.81. The molecule has 13 heteroatoms. The number of piperazine rings is 1. The van der Waals surface area contributed by atoms with Crippen molar-refractivity contribution in [3.05, 3.63) is 122 Å². The van der Waals surface area contributed by atoms with Crippen LogP contribution in [0.25, 0.3) is 0 Å². The number of amides is 1. The Kier molecular flexibility index (Phi) is 10.2. The van der Waals surface area contributed by atoms with Crippen molar-refractivity contribution < 1.29 is 18.1 Å². The van der Waals surface area contributed by atoms with Crippen molar-refractivity contribution in [2.24, 2.45) is 0 Å². The first-order valence-corrected chi connectivity index (χ1v) is 18.6. The number of halogens is 1. The van der Waals surface area contributed by atoms with Crippen LogP contribution in [0.1, 0.15) is 27.9 Å². The summed E-state index contributed by atoms with van der Waals surface area (Å²) in [6.45, 7) is 4.02. The van der Waals surface area contributed by atoms with Crippen molar-refractivity contribution in [1.82, 2.24) is 9.62 Å². The van der Waals surface area contributed by atoms with Crippen LogP contribution < -0.4 is 14.9 Å². The number of nitrogens with one attached hydrogen (secondary N) is 2. The molecule has 0 aromatic heterocycles. The van der Waals surface area contributed by atoms with E-state index in [1.165, 1.54) is 17.7 Å². The van der Waals surface area contributed by atoms with Crippen LogP contribution in [-0.2, 0) is 23.0 Å². The van der Waals surface area contributed by atoms with Gasteiger partial charge < -0.3 is 10.2 Å². The maximum absolute atomic E-state index is 13.2. The number of nitro benzene ring substituents is 1. The second kappa shape index (κ2) is 14.5. The maximum atomic E-state index is 13.2. The minimum absolute atomic E-state index is 0.204. The van der Waals surface area contributed by atoms with Gasteiger partial charge in [0, 0.05) is 71.2 Å². The molecule has 2 heterocycles. The predicted molar refractivity (Wildman–Crippen MR) is 189 cm³/mol. The van der Waals surface area contributed by atoms with Crippen LogP contribution in [0.2, 0.25) is 0 Å². The number of benzene rings is 4. The standard InChI is InChI=1S/C34H34BrN5O5S2/c35-30-9-5-4-6-26(30)22-38-17-18-39-27(23-38)12-10-24-20-25(11-15-32(24)39)34(41)37-47(44,45)29-13-14-31(33(21-29)40(42)43)36-16-19-46-28-7-2-1-3-8-28/h1-9,11,13-15,20-21,27,36H,10,12,16-19,22-23H2,(H,37,41)/t27-/m1/s1. The molecule has 1 saturated heterocycles. The summed E-state index contributed by atoms with van der Waals surface area (Å²) >= 11 is 5.25. The quantitative estimate of drug-likeness (QED) is 0.0789. The van der Waals surface area contributed by atoms with E-state index in [2.05, 4.69) is 54.0 Å². The molecule has 2 N–H and O–H groups in total. The lowest BCUT2D eigenvalue weighted by Crippen LogP contribution is -2.54. The van der Waals surface area contributed by atoms with Crippen LogP contribution in [-0.4, -0.2) is 62.1 Å². The number of nitro groups is 1. The number of hydrogen-bond donors (Lipinski definition) is 2. The highest BCUT2D eigenvalue weighted by molar-refractivity contribution is 9.10. The summed E-state index contributed by atoms with van der Waals surface area (Å²) in [6.07, 6.45) is 1.70. The molecule has 6 rings (SSSR count). The lowest BCUT2D eigenvalue weighted by Gasteiger charge is -2.46. The zero-order chi connectivity index (χ0) is 33.0. The van der Waals surface area contributed by atoms with Gasteiger partial charge in [-0.15, -0.1) is 11.8 Å². The second-order valence-electron chi connectivity index (χ2n) is 11.5. The molecule has 1 atom stereocenters. The fourth-order valence-electron chi connectivity index (χ4n) is 6.11. The first-order chi connectivity index (χ1) is 22.7. The molecular formula is C34H34BrN5O5S2. The zero-order valence-electron chi connectivity index (χ0n) is 25.5. The van der Waals surface area contributed by atoms with Gasteiger partial charge in [0.2, 0.25) is 0 Å². The number of carbonyl (C=O) groups is 1. The topological polar surface area (TPSA) is 125 Å². The van der Waals surface area contributed by atoms with Gasteiger partial charge in [0.05, 0.1) is 9.82 Å². The minimum Gasteiger partial charge on any atom is -0.379 e. The van der Waals surface area contributed by atoms with E-state index in [1.54, 1.807) is 23.9 Å². The average Bonchev–Trinajstić information content (AvgIpc) is 3.07. The van der Waals surface area contributed by atoms with Gasteiger partial charge in [-0.05, 0) is 72.5 Å². The third-order valence-electron chi connectivity index (χ3n) is 8.45. The monoisotopic (exact) mass is 735 g/mol. The number of carbonyl (C=O) groups excluding carboxylic acids is 1. The van der Waals surface area contributed by atoms with E-state index >= 15 is 0 Å². The van der Waals surface area contributed by atoms with Crippen LogP contribution in [0.5, 0.6) is 0 Å². The molecule has 0 bridgehead atoms. The van der Waals surface area contributed by atoms with Crippen LogP contribution >= 0.6 is 27.7 Å². The molecule has 4 aromatic rings. The highest BCUT2D eigenvalue weighted by Gasteiger charge is 2.32. The number of thioether (sulfide) groups is 1. The number of rotatable bonds is 11. The van der Waals surface area contributed by atoms with Crippen molar-refractivity contribution in [3.63, 3.8) is 0 Å². The molecule has 244 valence electrons. The van der Waals surface area contributed by atoms with Crippen LogP contribution in [0, 0.1) is 10.1 Å². The molecule has 2 aliphatic rings. The Hall–Kier alpha value is -3.91. The van der Waals surface area contributed by atoms with Gasteiger partial charge in [0.1, 0.15) is 5.69 Å². The highest BCUT2D eigenvalue weighted by atomic mass is 79.9. The number of fused-ring (bicyclic) bond motifs is 3. The predicted octanol–water partition coefficient (Wildman–Crippen LogP) is 6.32. The Morgan fingerprint density at radius 3 is 2.57 bits per heavy atom. The number of nitrogens with zero attached hydrogens (tertiary/aromatic N) is 3. The largest absolute Gasteiger partial charge is 0.379 e. The molecule has 1 fully saturated rings. The van der Waals surface area contributed by atoms with E-state index in [0.717, 1.165) is 65.7 Å².